The summed E-state index contributed by atoms with van der Waals surface area (Å²) in [4.78, 5) is 11.0. The number of ketones is 1. The molecule has 0 atom stereocenters. The number of rotatable bonds is 3. The number of hydrogen-bond acceptors (Lipinski definition) is 2. The van der Waals surface area contributed by atoms with Gasteiger partial charge in [0.2, 0.25) is 0 Å². The number of aromatic nitrogens is 2. The molecule has 3 nitrogen and oxygen atoms in total. The van der Waals surface area contributed by atoms with Crippen LogP contribution in [0.3, 0.4) is 0 Å². The molecule has 0 fully saturated rings. The van der Waals surface area contributed by atoms with Crippen LogP contribution >= 0.6 is 0 Å². The Labute approximate surface area is 93.2 Å². The minimum Gasteiger partial charge on any atom is -0.284 e. The monoisotopic (exact) mass is 256 g/mol. The van der Waals surface area contributed by atoms with Crippen molar-refractivity contribution in [2.24, 2.45) is 0 Å². The van der Waals surface area contributed by atoms with Crippen LogP contribution in [0.2, 0.25) is 0 Å². The molecule has 0 spiro atoms. The number of Topliss-reactive ketones (excluding diaryl/α,β-unsaturated/α-hetero) is 1. The van der Waals surface area contributed by atoms with Crippen molar-refractivity contribution in [2.45, 2.75) is 33.0 Å². The molecule has 96 valence electrons. The molecule has 0 bridgehead atoms. The van der Waals surface area contributed by atoms with Crippen LogP contribution in [0, 0.1) is 13.8 Å². The van der Waals surface area contributed by atoms with Gasteiger partial charge >= 0.3 is 6.18 Å². The summed E-state index contributed by atoms with van der Waals surface area (Å²) < 4.78 is 61.6. The second-order valence-electron chi connectivity index (χ2n) is 3.45. The fourth-order valence-corrected chi connectivity index (χ4v) is 1.48. The summed E-state index contributed by atoms with van der Waals surface area (Å²) in [5.74, 6) is -2.06. The fraction of sp³-hybridized carbons (Fsp3) is 0.556. The predicted octanol–water partition coefficient (Wildman–Crippen LogP) is 2.51. The van der Waals surface area contributed by atoms with Gasteiger partial charge in [-0.2, -0.15) is 18.3 Å². The van der Waals surface area contributed by atoms with Crippen molar-refractivity contribution in [3.8, 4) is 0 Å². The van der Waals surface area contributed by atoms with Crippen molar-refractivity contribution in [3.63, 3.8) is 0 Å². The highest BCUT2D eigenvalue weighted by Gasteiger charge is 2.42. The van der Waals surface area contributed by atoms with Crippen LogP contribution in [0.1, 0.15) is 21.7 Å². The molecule has 8 heteroatoms. The number of nitrogens with zero attached hydrogens (tertiary/aromatic N) is 2. The quantitative estimate of drug-likeness (QED) is 0.615. The fourth-order valence-electron chi connectivity index (χ4n) is 1.48. The Morgan fingerprint density at radius 3 is 2.29 bits per heavy atom. The number of carbonyl (C=O) groups is 1. The van der Waals surface area contributed by atoms with E-state index in [0.717, 1.165) is 6.92 Å². The summed E-state index contributed by atoms with van der Waals surface area (Å²) in [6, 6.07) is 0. The molecule has 0 aromatic carbocycles. The lowest BCUT2D eigenvalue weighted by molar-refractivity contribution is -0.0886. The van der Waals surface area contributed by atoms with Crippen molar-refractivity contribution in [1.82, 2.24) is 9.78 Å². The number of aryl methyl sites for hydroxylation is 1. The molecule has 1 rings (SSSR count). The molecule has 0 radical (unpaired) electrons. The van der Waals surface area contributed by atoms with Crippen LogP contribution in [-0.2, 0) is 6.54 Å². The zero-order chi connectivity index (χ0) is 13.4. The SMILES string of the molecule is Cc1nn(CC(F)F)c(C)c1C(=O)C(F)(F)F. The van der Waals surface area contributed by atoms with E-state index in [2.05, 4.69) is 5.10 Å². The summed E-state index contributed by atoms with van der Waals surface area (Å²) in [7, 11) is 0. The van der Waals surface area contributed by atoms with Crippen LogP contribution in [0.15, 0.2) is 0 Å². The Morgan fingerprint density at radius 2 is 1.88 bits per heavy atom. The summed E-state index contributed by atoms with van der Waals surface area (Å²) in [5.41, 5.74) is -1.06. The number of hydrogen-bond donors (Lipinski definition) is 0. The van der Waals surface area contributed by atoms with Gasteiger partial charge in [0.25, 0.3) is 12.2 Å². The lowest BCUT2D eigenvalue weighted by atomic mass is 10.1. The summed E-state index contributed by atoms with van der Waals surface area (Å²) in [5, 5.41) is 3.50. The van der Waals surface area contributed by atoms with E-state index >= 15 is 0 Å². The smallest absolute Gasteiger partial charge is 0.284 e. The van der Waals surface area contributed by atoms with Gasteiger partial charge in [0.15, 0.2) is 0 Å². The van der Waals surface area contributed by atoms with E-state index in [1.54, 1.807) is 0 Å². The van der Waals surface area contributed by atoms with Gasteiger partial charge in [0, 0.05) is 5.69 Å². The van der Waals surface area contributed by atoms with Gasteiger partial charge in [-0.25, -0.2) is 8.78 Å². The number of halogens is 5. The standard InChI is InChI=1S/C9H9F5N2O/c1-4-7(8(17)9(12,13)14)5(2)16(15-4)3-6(10)11/h6H,3H2,1-2H3. The maximum atomic E-state index is 12.2. The average Bonchev–Trinajstić information content (AvgIpc) is 2.38. The highest BCUT2D eigenvalue weighted by molar-refractivity contribution is 6.02. The highest BCUT2D eigenvalue weighted by Crippen LogP contribution is 2.25. The third kappa shape index (κ3) is 2.80. The molecule has 0 amide bonds. The van der Waals surface area contributed by atoms with E-state index in [1.807, 2.05) is 0 Å². The number of alkyl halides is 5. The lowest BCUT2D eigenvalue weighted by Gasteiger charge is -2.06. The summed E-state index contributed by atoms with van der Waals surface area (Å²) >= 11 is 0. The van der Waals surface area contributed by atoms with Crippen LogP contribution in [0.25, 0.3) is 0 Å². The molecule has 1 aromatic rings. The maximum absolute atomic E-state index is 12.2. The van der Waals surface area contributed by atoms with Crippen molar-refractivity contribution in [3.05, 3.63) is 17.0 Å². The molecule has 0 saturated carbocycles. The largest absolute Gasteiger partial charge is 0.455 e. The van der Waals surface area contributed by atoms with E-state index in [-0.39, 0.29) is 11.4 Å². The molecule has 17 heavy (non-hydrogen) atoms. The Morgan fingerprint density at radius 1 is 1.35 bits per heavy atom. The molecule has 0 saturated heterocycles. The lowest BCUT2D eigenvalue weighted by Crippen LogP contribution is -2.24. The van der Waals surface area contributed by atoms with Gasteiger partial charge in [-0.3, -0.25) is 9.48 Å². The first kappa shape index (κ1) is 13.6. The third-order valence-corrected chi connectivity index (χ3v) is 2.18. The molecular formula is C9H9F5N2O. The first-order valence-corrected chi connectivity index (χ1v) is 4.58. The van der Waals surface area contributed by atoms with E-state index in [9.17, 15) is 26.7 Å². The predicted molar refractivity (Wildman–Crippen MR) is 48.1 cm³/mol. The zero-order valence-corrected chi connectivity index (χ0v) is 8.98. The first-order chi connectivity index (χ1) is 7.64. The molecule has 0 N–H and O–H groups in total. The van der Waals surface area contributed by atoms with Gasteiger partial charge in [-0.05, 0) is 13.8 Å². The molecule has 0 aliphatic heterocycles. The van der Waals surface area contributed by atoms with E-state index < -0.39 is 30.5 Å². The second-order valence-corrected chi connectivity index (χ2v) is 3.45. The Bertz CT molecular complexity index is 435. The van der Waals surface area contributed by atoms with Gasteiger partial charge in [-0.15, -0.1) is 0 Å². The molecular weight excluding hydrogens is 247 g/mol. The molecule has 1 heterocycles. The Hall–Kier alpha value is -1.47. The number of carbonyl (C=O) groups excluding carboxylic acids is 1. The van der Waals surface area contributed by atoms with E-state index in [4.69, 9.17) is 0 Å². The van der Waals surface area contributed by atoms with Crippen molar-refractivity contribution in [2.75, 3.05) is 0 Å². The van der Waals surface area contributed by atoms with E-state index in [1.165, 1.54) is 6.92 Å². The van der Waals surface area contributed by atoms with E-state index in [0.29, 0.717) is 4.68 Å². The molecule has 0 aliphatic rings. The third-order valence-electron chi connectivity index (χ3n) is 2.18. The van der Waals surface area contributed by atoms with Crippen LogP contribution < -0.4 is 0 Å². The van der Waals surface area contributed by atoms with Crippen LogP contribution in [0.4, 0.5) is 22.0 Å². The minimum atomic E-state index is -5.03. The normalized spacial score (nSPS) is 12.2. The van der Waals surface area contributed by atoms with Crippen molar-refractivity contribution < 1.29 is 26.7 Å². The molecule has 1 aromatic heterocycles. The van der Waals surface area contributed by atoms with Gasteiger partial charge in [0.05, 0.1) is 11.3 Å². The highest BCUT2D eigenvalue weighted by atomic mass is 19.4. The summed E-state index contributed by atoms with van der Waals surface area (Å²) in [6.07, 6.45) is -7.78. The zero-order valence-electron chi connectivity index (χ0n) is 8.98. The maximum Gasteiger partial charge on any atom is 0.455 e. The first-order valence-electron chi connectivity index (χ1n) is 4.58. The molecule has 0 aliphatic carbocycles. The Balaban J connectivity index is 3.18. The second kappa shape index (κ2) is 4.42. The summed E-state index contributed by atoms with van der Waals surface area (Å²) in [6.45, 7) is 1.49. The topological polar surface area (TPSA) is 34.9 Å². The van der Waals surface area contributed by atoms with Crippen molar-refractivity contribution >= 4 is 5.78 Å². The van der Waals surface area contributed by atoms with Gasteiger partial charge in [0.1, 0.15) is 6.54 Å². The average molecular weight is 256 g/mol. The van der Waals surface area contributed by atoms with Crippen LogP contribution in [0.5, 0.6) is 0 Å². The van der Waals surface area contributed by atoms with Crippen molar-refractivity contribution in [1.29, 1.82) is 0 Å². The van der Waals surface area contributed by atoms with Gasteiger partial charge < -0.3 is 0 Å². The van der Waals surface area contributed by atoms with Crippen LogP contribution in [-0.4, -0.2) is 28.2 Å². The Kier molecular flexibility index (Phi) is 3.53. The molecule has 0 unspecified atom stereocenters. The minimum absolute atomic E-state index is 0.203. The van der Waals surface area contributed by atoms with Gasteiger partial charge in [-0.1, -0.05) is 0 Å².